The van der Waals surface area contributed by atoms with Crippen molar-refractivity contribution in [3.63, 3.8) is 0 Å². The largest absolute Gasteiger partial charge is 0.364 e. The summed E-state index contributed by atoms with van der Waals surface area (Å²) < 4.78 is 29.1. The first-order chi connectivity index (χ1) is 15.6. The monoisotopic (exact) mass is 488 g/mol. The molecular weight excluding hydrogens is 469 g/mol. The average Bonchev–Trinajstić information content (AvgIpc) is 2.93. The van der Waals surface area contributed by atoms with Gasteiger partial charge in [-0.05, 0) is 55.5 Å². The Morgan fingerprint density at radius 1 is 0.848 bits per heavy atom. The maximum absolute atomic E-state index is 14.5. The van der Waals surface area contributed by atoms with Crippen LogP contribution in [-0.2, 0) is 5.72 Å². The van der Waals surface area contributed by atoms with Crippen molar-refractivity contribution in [2.24, 2.45) is 0 Å². The van der Waals surface area contributed by atoms with Crippen LogP contribution in [0, 0.1) is 6.92 Å². The number of alkyl halides is 2. The van der Waals surface area contributed by atoms with Gasteiger partial charge in [-0.25, -0.2) is 13.6 Å². The summed E-state index contributed by atoms with van der Waals surface area (Å²) in [6.07, 6.45) is -1.38. The molecular formula is C25H20Cl2F2N2O2. The van der Waals surface area contributed by atoms with E-state index in [1.54, 1.807) is 66.7 Å². The zero-order chi connectivity index (χ0) is 23.6. The molecule has 0 aromatic heterocycles. The van der Waals surface area contributed by atoms with Crippen molar-refractivity contribution < 1.29 is 18.7 Å². The Balaban J connectivity index is 1.79. The van der Waals surface area contributed by atoms with Crippen LogP contribution < -0.4 is 9.80 Å². The summed E-state index contributed by atoms with van der Waals surface area (Å²) in [5, 5.41) is 13.3. The number of hydrogen-bond donors (Lipinski definition) is 1. The van der Waals surface area contributed by atoms with Gasteiger partial charge in [-0.1, -0.05) is 53.0 Å². The summed E-state index contributed by atoms with van der Waals surface area (Å²) in [6.45, 7) is 1.84. The third-order valence-electron chi connectivity index (χ3n) is 6.48. The van der Waals surface area contributed by atoms with Gasteiger partial charge in [0.15, 0.2) is 5.72 Å². The molecule has 33 heavy (non-hydrogen) atoms. The zero-order valence-electron chi connectivity index (χ0n) is 17.6. The van der Waals surface area contributed by atoms with Gasteiger partial charge in [0.1, 0.15) is 5.54 Å². The summed E-state index contributed by atoms with van der Waals surface area (Å²) in [7, 11) is 0. The predicted octanol–water partition coefficient (Wildman–Crippen LogP) is 6.76. The number of rotatable bonds is 3. The standard InChI is InChI=1S/C25H20Cl2F2N2O2/c1-16-3-2-4-17(13-16)25(33)23(14-24(28,29)15-23)30(20-9-5-18(26)6-10-20)22(32)31(25)21-11-7-19(27)8-12-21/h2-13,33H,14-15H2,1H3. The second kappa shape index (κ2) is 7.42. The van der Waals surface area contributed by atoms with Gasteiger partial charge in [0.2, 0.25) is 0 Å². The Bertz CT molecular complexity index is 1230. The lowest BCUT2D eigenvalue weighted by Crippen LogP contribution is -2.70. The summed E-state index contributed by atoms with van der Waals surface area (Å²) in [6, 6.07) is 19.1. The second-order valence-electron chi connectivity index (χ2n) is 8.69. The van der Waals surface area contributed by atoms with Crippen molar-refractivity contribution in [3.05, 3.63) is 94.0 Å². The highest BCUT2D eigenvalue weighted by Crippen LogP contribution is 2.63. The van der Waals surface area contributed by atoms with Gasteiger partial charge in [0.25, 0.3) is 5.92 Å². The van der Waals surface area contributed by atoms with Crippen molar-refractivity contribution in [2.75, 3.05) is 9.80 Å². The highest BCUT2D eigenvalue weighted by molar-refractivity contribution is 6.31. The SMILES string of the molecule is Cc1cccc(C2(O)N(c3ccc(Cl)cc3)C(=O)N(c3ccc(Cl)cc3)C23CC(F)(F)C3)c1. The molecule has 1 aliphatic carbocycles. The van der Waals surface area contributed by atoms with Crippen molar-refractivity contribution in [2.45, 2.75) is 37.0 Å². The number of hydrogen-bond acceptors (Lipinski definition) is 2. The molecule has 1 saturated carbocycles. The number of amides is 2. The third-order valence-corrected chi connectivity index (χ3v) is 6.98. The minimum Gasteiger partial charge on any atom is -0.364 e. The number of carbonyl (C=O) groups excluding carboxylic acids is 1. The number of anilines is 2. The summed E-state index contributed by atoms with van der Waals surface area (Å²) in [5.74, 6) is -3.03. The maximum Gasteiger partial charge on any atom is 0.332 e. The lowest BCUT2D eigenvalue weighted by atomic mass is 9.64. The highest BCUT2D eigenvalue weighted by atomic mass is 35.5. The van der Waals surface area contributed by atoms with E-state index in [4.69, 9.17) is 23.2 Å². The quantitative estimate of drug-likeness (QED) is 0.442. The molecule has 5 rings (SSSR count). The molecule has 0 radical (unpaired) electrons. The van der Waals surface area contributed by atoms with E-state index < -0.39 is 36.1 Å². The molecule has 8 heteroatoms. The first-order valence-electron chi connectivity index (χ1n) is 10.4. The molecule has 170 valence electrons. The van der Waals surface area contributed by atoms with Crippen molar-refractivity contribution >= 4 is 40.6 Å². The number of aryl methyl sites for hydroxylation is 1. The van der Waals surface area contributed by atoms with Gasteiger partial charge in [-0.2, -0.15) is 0 Å². The Kier molecular flexibility index (Phi) is 4.98. The Hall–Kier alpha value is -2.67. The van der Waals surface area contributed by atoms with Crippen LogP contribution >= 0.6 is 23.2 Å². The lowest BCUT2D eigenvalue weighted by Gasteiger charge is -2.55. The van der Waals surface area contributed by atoms with Crippen molar-refractivity contribution in [1.82, 2.24) is 0 Å². The van der Waals surface area contributed by atoms with Crippen LogP contribution in [0.2, 0.25) is 10.0 Å². The van der Waals surface area contributed by atoms with Gasteiger partial charge < -0.3 is 5.11 Å². The van der Waals surface area contributed by atoms with Crippen LogP contribution in [0.15, 0.2) is 72.8 Å². The minimum atomic E-state index is -3.03. The molecule has 1 atom stereocenters. The molecule has 3 aromatic rings. The van der Waals surface area contributed by atoms with Crippen LogP contribution in [0.5, 0.6) is 0 Å². The average molecular weight is 489 g/mol. The Labute approximate surface area is 200 Å². The summed E-state index contributed by atoms with van der Waals surface area (Å²) in [5.41, 5.74) is -1.75. The highest BCUT2D eigenvalue weighted by Gasteiger charge is 2.77. The van der Waals surface area contributed by atoms with Gasteiger partial charge in [0, 0.05) is 39.8 Å². The lowest BCUT2D eigenvalue weighted by molar-refractivity contribution is -0.182. The molecule has 1 spiro atoms. The second-order valence-corrected chi connectivity index (χ2v) is 9.56. The van der Waals surface area contributed by atoms with E-state index >= 15 is 0 Å². The first kappa shape index (κ1) is 22.1. The summed E-state index contributed by atoms with van der Waals surface area (Å²) in [4.78, 5) is 16.4. The minimum absolute atomic E-state index is 0.347. The van der Waals surface area contributed by atoms with E-state index in [9.17, 15) is 18.7 Å². The van der Waals surface area contributed by atoms with Crippen molar-refractivity contribution in [3.8, 4) is 0 Å². The molecule has 2 amide bonds. The van der Waals surface area contributed by atoms with Crippen LogP contribution in [0.4, 0.5) is 25.0 Å². The molecule has 1 saturated heterocycles. The van der Waals surface area contributed by atoms with Crippen LogP contribution in [0.1, 0.15) is 24.0 Å². The first-order valence-corrected chi connectivity index (χ1v) is 11.2. The van der Waals surface area contributed by atoms with Gasteiger partial charge >= 0.3 is 6.03 Å². The molecule has 1 aliphatic heterocycles. The summed E-state index contributed by atoms with van der Waals surface area (Å²) >= 11 is 12.1. The fourth-order valence-corrected chi connectivity index (χ4v) is 5.34. The number of nitrogens with zero attached hydrogens (tertiary/aromatic N) is 2. The fourth-order valence-electron chi connectivity index (χ4n) is 5.09. The number of halogens is 4. The molecule has 1 N–H and O–H groups in total. The number of aliphatic hydroxyl groups is 1. The Morgan fingerprint density at radius 3 is 1.85 bits per heavy atom. The zero-order valence-corrected chi connectivity index (χ0v) is 19.1. The number of benzene rings is 3. The third kappa shape index (κ3) is 3.23. The number of carbonyl (C=O) groups is 1. The van der Waals surface area contributed by atoms with Gasteiger partial charge in [0.05, 0.1) is 0 Å². The molecule has 0 bridgehead atoms. The van der Waals surface area contributed by atoms with E-state index in [0.29, 0.717) is 27.0 Å². The van der Waals surface area contributed by atoms with E-state index in [2.05, 4.69) is 0 Å². The molecule has 4 nitrogen and oxygen atoms in total. The van der Waals surface area contributed by atoms with E-state index in [-0.39, 0.29) is 0 Å². The van der Waals surface area contributed by atoms with Gasteiger partial charge in [-0.3, -0.25) is 9.80 Å². The predicted molar refractivity (Wildman–Crippen MR) is 125 cm³/mol. The van der Waals surface area contributed by atoms with E-state index in [1.165, 1.54) is 9.80 Å². The molecule has 1 heterocycles. The number of urea groups is 1. The van der Waals surface area contributed by atoms with E-state index in [0.717, 1.165) is 5.56 Å². The van der Waals surface area contributed by atoms with Crippen LogP contribution in [0.3, 0.4) is 0 Å². The Morgan fingerprint density at radius 2 is 1.36 bits per heavy atom. The van der Waals surface area contributed by atoms with Crippen LogP contribution in [0.25, 0.3) is 0 Å². The topological polar surface area (TPSA) is 43.8 Å². The molecule has 2 aliphatic rings. The van der Waals surface area contributed by atoms with Crippen molar-refractivity contribution in [1.29, 1.82) is 0 Å². The molecule has 2 fully saturated rings. The molecule has 3 aromatic carbocycles. The molecule has 1 unspecified atom stereocenters. The van der Waals surface area contributed by atoms with E-state index in [1.807, 2.05) is 13.0 Å². The van der Waals surface area contributed by atoms with Crippen LogP contribution in [-0.4, -0.2) is 22.6 Å². The maximum atomic E-state index is 14.5. The fraction of sp³-hybridized carbons (Fsp3) is 0.240. The normalized spacial score (nSPS) is 23.2. The smallest absolute Gasteiger partial charge is 0.332 e. The van der Waals surface area contributed by atoms with Gasteiger partial charge in [-0.15, -0.1) is 0 Å².